The van der Waals surface area contributed by atoms with Crippen LogP contribution >= 0.6 is 15.9 Å². The molecule has 2 aromatic carbocycles. The number of halogens is 1. The molecule has 3 aliphatic rings. The van der Waals surface area contributed by atoms with Gasteiger partial charge < -0.3 is 25.4 Å². The van der Waals surface area contributed by atoms with E-state index >= 15 is 0 Å². The minimum Gasteiger partial charge on any atom is -0.394 e. The van der Waals surface area contributed by atoms with Gasteiger partial charge in [-0.25, -0.2) is 0 Å². The lowest BCUT2D eigenvalue weighted by Crippen LogP contribution is -2.59. The highest BCUT2D eigenvalue weighted by atomic mass is 79.9. The van der Waals surface area contributed by atoms with Gasteiger partial charge in [-0.05, 0) is 44.4 Å². The zero-order valence-corrected chi connectivity index (χ0v) is 22.4. The molecular weight excluding hydrogens is 538 g/mol. The molecule has 2 aromatic rings. The zero-order valence-electron chi connectivity index (χ0n) is 20.8. The summed E-state index contributed by atoms with van der Waals surface area (Å²) >= 11 is 3.68. The summed E-state index contributed by atoms with van der Waals surface area (Å²) in [5.74, 6) is -2.58. The number of ether oxygens (including phenoxy) is 1. The average Bonchev–Trinajstić information content (AvgIpc) is 3.46. The second-order valence-corrected chi connectivity index (χ2v) is 11.6. The van der Waals surface area contributed by atoms with Gasteiger partial charge in [-0.1, -0.05) is 64.5 Å². The van der Waals surface area contributed by atoms with E-state index in [0.717, 1.165) is 5.56 Å². The van der Waals surface area contributed by atoms with Crippen molar-refractivity contribution >= 4 is 39.3 Å². The van der Waals surface area contributed by atoms with Crippen LogP contribution in [0.15, 0.2) is 60.7 Å². The van der Waals surface area contributed by atoms with Crippen molar-refractivity contribution in [2.75, 3.05) is 11.9 Å². The highest BCUT2D eigenvalue weighted by Crippen LogP contribution is 2.60. The Kier molecular flexibility index (Phi) is 7.13. The Bertz CT molecular complexity index is 1160. The van der Waals surface area contributed by atoms with Gasteiger partial charge in [-0.2, -0.15) is 0 Å². The summed E-state index contributed by atoms with van der Waals surface area (Å²) in [5, 5.41) is 16.3. The lowest BCUT2D eigenvalue weighted by molar-refractivity contribution is -0.145. The number of anilines is 1. The van der Waals surface area contributed by atoms with E-state index in [1.165, 1.54) is 4.90 Å². The number of alkyl halides is 1. The highest BCUT2D eigenvalue weighted by Gasteiger charge is 2.77. The van der Waals surface area contributed by atoms with Crippen LogP contribution in [-0.4, -0.2) is 69.0 Å². The molecule has 1 spiro atoms. The Balaban J connectivity index is 1.53. The smallest absolute Gasteiger partial charge is 0.246 e. The molecule has 0 radical (unpaired) electrons. The van der Waals surface area contributed by atoms with E-state index < -0.39 is 35.6 Å². The van der Waals surface area contributed by atoms with Crippen LogP contribution in [0.4, 0.5) is 5.69 Å². The van der Waals surface area contributed by atoms with Gasteiger partial charge in [0.25, 0.3) is 0 Å². The van der Waals surface area contributed by atoms with Crippen molar-refractivity contribution in [1.82, 2.24) is 10.2 Å². The van der Waals surface area contributed by atoms with E-state index in [1.807, 2.05) is 62.4 Å². The van der Waals surface area contributed by atoms with Gasteiger partial charge in [0.05, 0.1) is 30.6 Å². The number of amides is 3. The molecule has 5 rings (SSSR count). The number of nitrogens with one attached hydrogen (secondary N) is 2. The number of hydrogen-bond acceptors (Lipinski definition) is 5. The summed E-state index contributed by atoms with van der Waals surface area (Å²) in [6.07, 6.45) is 0.245. The molecule has 0 aliphatic carbocycles. The number of fused-ring (bicyclic) bond motifs is 1. The lowest BCUT2D eigenvalue weighted by Gasteiger charge is -2.37. The predicted molar refractivity (Wildman–Crippen MR) is 142 cm³/mol. The van der Waals surface area contributed by atoms with E-state index in [2.05, 4.69) is 26.6 Å². The standard InChI is InChI=1S/C28H32BrN3O5/c1-16(2)30-26(35)24-28-14-20(29)23(37-28)21(25(34)31-18-11-7-4-8-12-18)22(28)27(36)32(24)19(15-33)13-17-9-5-3-6-10-17/h3-12,16,19-24,33H,13-15H2,1-2H3,(H,30,35)(H,31,34)/t19-,20?,21+,22+,23+,24?,28?/m1/s1. The molecule has 8 nitrogen and oxygen atoms in total. The molecule has 0 aromatic heterocycles. The number of carbonyl (C=O) groups excluding carboxylic acids is 3. The summed E-state index contributed by atoms with van der Waals surface area (Å²) in [5.41, 5.74) is 0.399. The molecule has 3 saturated heterocycles. The molecule has 3 amide bonds. The lowest BCUT2D eigenvalue weighted by atomic mass is 9.70. The second-order valence-electron chi connectivity index (χ2n) is 10.5. The molecule has 7 atom stereocenters. The maximum Gasteiger partial charge on any atom is 0.246 e. The van der Waals surface area contributed by atoms with E-state index in [1.54, 1.807) is 12.1 Å². The molecule has 3 N–H and O–H groups in total. The monoisotopic (exact) mass is 569 g/mol. The quantitative estimate of drug-likeness (QED) is 0.423. The summed E-state index contributed by atoms with van der Waals surface area (Å²) < 4.78 is 6.52. The van der Waals surface area contributed by atoms with Crippen molar-refractivity contribution in [3.8, 4) is 0 Å². The average molecular weight is 570 g/mol. The largest absolute Gasteiger partial charge is 0.394 e. The predicted octanol–water partition coefficient (Wildman–Crippen LogP) is 2.50. The van der Waals surface area contributed by atoms with Gasteiger partial charge >= 0.3 is 0 Å². The number of hydrogen-bond donors (Lipinski definition) is 3. The maximum atomic E-state index is 14.2. The fraction of sp³-hybridized carbons (Fsp3) is 0.464. The molecule has 3 aliphatic heterocycles. The Hall–Kier alpha value is -2.75. The number of para-hydroxylation sites is 1. The Morgan fingerprint density at radius 2 is 1.76 bits per heavy atom. The van der Waals surface area contributed by atoms with Crippen LogP contribution in [0.25, 0.3) is 0 Å². The third-order valence-electron chi connectivity index (χ3n) is 7.67. The first-order chi connectivity index (χ1) is 17.8. The summed E-state index contributed by atoms with van der Waals surface area (Å²) in [6, 6.07) is 16.9. The van der Waals surface area contributed by atoms with Gasteiger partial charge in [0.15, 0.2) is 0 Å². The molecule has 3 heterocycles. The summed E-state index contributed by atoms with van der Waals surface area (Å²) in [6.45, 7) is 3.40. The molecule has 9 heteroatoms. The Morgan fingerprint density at radius 1 is 1.11 bits per heavy atom. The molecule has 37 heavy (non-hydrogen) atoms. The normalized spacial score (nSPS) is 30.9. The number of nitrogens with zero attached hydrogens (tertiary/aromatic N) is 1. The van der Waals surface area contributed by atoms with Crippen molar-refractivity contribution in [2.24, 2.45) is 11.8 Å². The maximum absolute atomic E-state index is 14.2. The molecule has 0 saturated carbocycles. The van der Waals surface area contributed by atoms with E-state index in [-0.39, 0.29) is 35.2 Å². The first-order valence-corrected chi connectivity index (χ1v) is 13.6. The Labute approximate surface area is 224 Å². The van der Waals surface area contributed by atoms with Crippen LogP contribution in [0, 0.1) is 11.8 Å². The number of aliphatic hydroxyl groups excluding tert-OH is 1. The van der Waals surface area contributed by atoms with E-state index in [9.17, 15) is 19.5 Å². The number of aliphatic hydroxyl groups is 1. The van der Waals surface area contributed by atoms with Crippen LogP contribution in [0.1, 0.15) is 25.8 Å². The fourth-order valence-corrected chi connectivity index (χ4v) is 7.25. The second kappa shape index (κ2) is 10.2. The van der Waals surface area contributed by atoms with E-state index in [4.69, 9.17) is 4.74 Å². The van der Waals surface area contributed by atoms with Crippen molar-refractivity contribution < 1.29 is 24.2 Å². The molecule has 3 fully saturated rings. The molecular formula is C28H32BrN3O5. The van der Waals surface area contributed by atoms with E-state index in [0.29, 0.717) is 18.5 Å². The molecule has 2 bridgehead atoms. The minimum atomic E-state index is -1.17. The SMILES string of the molecule is CC(C)NC(=O)C1N([C@@H](CO)Cc2ccccc2)C(=O)[C@@H]2[C@H](C(=O)Nc3ccccc3)[C@H]3OC12CC3Br. The van der Waals surface area contributed by atoms with Gasteiger partial charge in [0, 0.05) is 16.6 Å². The third kappa shape index (κ3) is 4.47. The first kappa shape index (κ1) is 25.9. The van der Waals surface area contributed by atoms with Gasteiger partial charge in [-0.3, -0.25) is 14.4 Å². The van der Waals surface area contributed by atoms with Crippen molar-refractivity contribution in [1.29, 1.82) is 0 Å². The van der Waals surface area contributed by atoms with Crippen LogP contribution in [0.2, 0.25) is 0 Å². The van der Waals surface area contributed by atoms with Crippen LogP contribution < -0.4 is 10.6 Å². The van der Waals surface area contributed by atoms with Crippen LogP contribution in [0.3, 0.4) is 0 Å². The van der Waals surface area contributed by atoms with Crippen molar-refractivity contribution in [2.45, 2.75) is 61.3 Å². The first-order valence-electron chi connectivity index (χ1n) is 12.7. The Morgan fingerprint density at radius 3 is 2.38 bits per heavy atom. The summed E-state index contributed by atoms with van der Waals surface area (Å²) in [7, 11) is 0. The van der Waals surface area contributed by atoms with Crippen LogP contribution in [-0.2, 0) is 25.5 Å². The van der Waals surface area contributed by atoms with Gasteiger partial charge in [0.1, 0.15) is 11.6 Å². The number of rotatable bonds is 8. The highest BCUT2D eigenvalue weighted by molar-refractivity contribution is 9.09. The third-order valence-corrected chi connectivity index (χ3v) is 8.51. The van der Waals surface area contributed by atoms with Crippen LogP contribution in [0.5, 0.6) is 0 Å². The minimum absolute atomic E-state index is 0.155. The van der Waals surface area contributed by atoms with Crippen molar-refractivity contribution in [3.05, 3.63) is 66.2 Å². The molecule has 196 valence electrons. The summed E-state index contributed by atoms with van der Waals surface area (Å²) in [4.78, 5) is 42.8. The zero-order chi connectivity index (χ0) is 26.3. The fourth-order valence-electron chi connectivity index (χ4n) is 6.31. The molecule has 3 unspecified atom stereocenters. The van der Waals surface area contributed by atoms with Gasteiger partial charge in [0.2, 0.25) is 17.7 Å². The topological polar surface area (TPSA) is 108 Å². The number of benzene rings is 2. The number of likely N-dealkylation sites (tertiary alicyclic amines) is 1. The van der Waals surface area contributed by atoms with Gasteiger partial charge in [-0.15, -0.1) is 0 Å². The number of carbonyl (C=O) groups is 3. The van der Waals surface area contributed by atoms with Crippen molar-refractivity contribution in [3.63, 3.8) is 0 Å².